The van der Waals surface area contributed by atoms with Gasteiger partial charge in [-0.3, -0.25) is 4.99 Å². The number of nitrogens with zero attached hydrogens (tertiary/aromatic N) is 2. The Morgan fingerprint density at radius 1 is 1.32 bits per heavy atom. The van der Waals surface area contributed by atoms with Crippen LogP contribution < -0.4 is 14.8 Å². The maximum Gasteiger partial charge on any atom is 0.193 e. The Morgan fingerprint density at radius 2 is 2.04 bits per heavy atom. The van der Waals surface area contributed by atoms with Crippen molar-refractivity contribution < 1.29 is 17.9 Å². The molecule has 8 heteroatoms. The quantitative estimate of drug-likeness (QED) is 0.636. The Hall–Kier alpha value is -1.96. The number of nitrogens with one attached hydrogen (secondary N) is 1. The van der Waals surface area contributed by atoms with E-state index in [2.05, 4.69) is 10.3 Å². The average molecular weight is 369 g/mol. The fourth-order valence-electron chi connectivity index (χ4n) is 2.85. The largest absolute Gasteiger partial charge is 0.497 e. The van der Waals surface area contributed by atoms with Crippen LogP contribution in [0.3, 0.4) is 0 Å². The van der Waals surface area contributed by atoms with Gasteiger partial charge in [0, 0.05) is 32.2 Å². The molecule has 2 rings (SSSR count). The lowest BCUT2D eigenvalue weighted by atomic mass is 10.1. The van der Waals surface area contributed by atoms with Gasteiger partial charge in [0.15, 0.2) is 15.8 Å². The number of methoxy groups -OCH3 is 2. The zero-order valence-corrected chi connectivity index (χ0v) is 16.3. The molecule has 0 atom stereocenters. The van der Waals surface area contributed by atoms with E-state index in [0.717, 1.165) is 17.1 Å². The van der Waals surface area contributed by atoms with Gasteiger partial charge in [-0.05, 0) is 32.0 Å². The topological polar surface area (TPSA) is 80.2 Å². The minimum atomic E-state index is -3.08. The lowest BCUT2D eigenvalue weighted by molar-refractivity contribution is 0.352. The van der Waals surface area contributed by atoms with Crippen molar-refractivity contribution in [3.05, 3.63) is 23.8 Å². The number of hydrogen-bond donors (Lipinski definition) is 1. The smallest absolute Gasteiger partial charge is 0.193 e. The highest BCUT2D eigenvalue weighted by molar-refractivity contribution is 7.92. The van der Waals surface area contributed by atoms with Gasteiger partial charge < -0.3 is 19.7 Å². The van der Waals surface area contributed by atoms with Crippen molar-refractivity contribution in [2.45, 2.75) is 25.1 Å². The van der Waals surface area contributed by atoms with E-state index < -0.39 is 14.6 Å². The van der Waals surface area contributed by atoms with Crippen molar-refractivity contribution >= 4 is 15.8 Å². The summed E-state index contributed by atoms with van der Waals surface area (Å²) in [5, 5.41) is 3.29. The highest BCUT2D eigenvalue weighted by Gasteiger charge is 2.40. The number of hydrogen-bond acceptors (Lipinski definition) is 5. The van der Waals surface area contributed by atoms with Crippen molar-refractivity contribution in [3.63, 3.8) is 0 Å². The summed E-state index contributed by atoms with van der Waals surface area (Å²) < 4.78 is 34.2. The molecule has 1 N–H and O–H groups in total. The number of rotatable bonds is 4. The standard InChI is InChI=1S/C17H27N3O4S/c1-17(2)12-20(8-9-25(17,21)22)16(18-3)19-11-13-10-14(23-4)6-7-15(13)24-5/h6-7,10H,8-9,11-12H2,1-5H3,(H,18,19). The van der Waals surface area contributed by atoms with Gasteiger partial charge in [-0.2, -0.15) is 0 Å². The van der Waals surface area contributed by atoms with Crippen LogP contribution >= 0.6 is 0 Å². The summed E-state index contributed by atoms with van der Waals surface area (Å²) in [6, 6.07) is 5.61. The first-order chi connectivity index (χ1) is 11.7. The SMILES string of the molecule is CN=C(NCc1cc(OC)ccc1OC)N1CCS(=O)(=O)C(C)(C)C1. The summed E-state index contributed by atoms with van der Waals surface area (Å²) >= 11 is 0. The molecule has 0 aromatic heterocycles. The van der Waals surface area contributed by atoms with Gasteiger partial charge in [-0.25, -0.2) is 8.42 Å². The van der Waals surface area contributed by atoms with E-state index in [1.54, 1.807) is 35.1 Å². The molecule has 0 radical (unpaired) electrons. The Balaban J connectivity index is 2.12. The zero-order valence-electron chi connectivity index (χ0n) is 15.5. The Morgan fingerprint density at radius 3 is 2.60 bits per heavy atom. The maximum absolute atomic E-state index is 12.2. The minimum Gasteiger partial charge on any atom is -0.497 e. The van der Waals surface area contributed by atoms with E-state index in [9.17, 15) is 8.42 Å². The van der Waals surface area contributed by atoms with Crippen molar-refractivity contribution in [1.82, 2.24) is 10.2 Å². The molecule has 1 aliphatic rings. The van der Waals surface area contributed by atoms with Gasteiger partial charge in [0.1, 0.15) is 11.5 Å². The molecule has 25 heavy (non-hydrogen) atoms. The number of benzene rings is 1. The van der Waals surface area contributed by atoms with Crippen molar-refractivity contribution in [1.29, 1.82) is 0 Å². The molecule has 0 saturated carbocycles. The molecule has 1 heterocycles. The number of aliphatic imine (C=N–C) groups is 1. The van der Waals surface area contributed by atoms with Crippen LogP contribution in [0.25, 0.3) is 0 Å². The molecule has 1 fully saturated rings. The van der Waals surface area contributed by atoms with Gasteiger partial charge in [-0.1, -0.05) is 0 Å². The van der Waals surface area contributed by atoms with Gasteiger partial charge in [0.25, 0.3) is 0 Å². The lowest BCUT2D eigenvalue weighted by Crippen LogP contribution is -2.57. The first-order valence-electron chi connectivity index (χ1n) is 8.13. The fraction of sp³-hybridized carbons (Fsp3) is 0.588. The number of ether oxygens (including phenoxy) is 2. The molecule has 0 aliphatic carbocycles. The zero-order chi connectivity index (χ0) is 18.7. The molecule has 1 aliphatic heterocycles. The highest BCUT2D eigenvalue weighted by atomic mass is 32.2. The van der Waals surface area contributed by atoms with Crippen LogP contribution in [0.2, 0.25) is 0 Å². The van der Waals surface area contributed by atoms with Crippen LogP contribution in [0.4, 0.5) is 0 Å². The van der Waals surface area contributed by atoms with Gasteiger partial charge in [-0.15, -0.1) is 0 Å². The van der Waals surface area contributed by atoms with Crippen LogP contribution in [0.1, 0.15) is 19.4 Å². The number of guanidine groups is 1. The predicted octanol–water partition coefficient (Wildman–Crippen LogP) is 1.29. The molecule has 1 aromatic rings. The summed E-state index contributed by atoms with van der Waals surface area (Å²) in [4.78, 5) is 6.28. The van der Waals surface area contributed by atoms with Crippen LogP contribution in [-0.2, 0) is 16.4 Å². The van der Waals surface area contributed by atoms with Gasteiger partial charge >= 0.3 is 0 Å². The van der Waals surface area contributed by atoms with Crippen LogP contribution in [-0.4, -0.2) is 64.1 Å². The van der Waals surface area contributed by atoms with Gasteiger partial charge in [0.05, 0.1) is 24.7 Å². The third kappa shape index (κ3) is 4.18. The maximum atomic E-state index is 12.2. The van der Waals surface area contributed by atoms with Crippen LogP contribution in [0, 0.1) is 0 Å². The van der Waals surface area contributed by atoms with Gasteiger partial charge in [0.2, 0.25) is 0 Å². The molecule has 140 valence electrons. The van der Waals surface area contributed by atoms with E-state index in [1.807, 2.05) is 23.1 Å². The summed E-state index contributed by atoms with van der Waals surface area (Å²) in [6.45, 7) is 4.85. The van der Waals surface area contributed by atoms with Crippen LogP contribution in [0.15, 0.2) is 23.2 Å². The molecule has 1 aromatic carbocycles. The second kappa shape index (κ2) is 7.51. The van der Waals surface area contributed by atoms with Crippen LogP contribution in [0.5, 0.6) is 11.5 Å². The second-order valence-electron chi connectivity index (χ2n) is 6.58. The third-order valence-electron chi connectivity index (χ3n) is 4.48. The van der Waals surface area contributed by atoms with E-state index in [4.69, 9.17) is 9.47 Å². The summed E-state index contributed by atoms with van der Waals surface area (Å²) in [6.07, 6.45) is 0. The monoisotopic (exact) mass is 369 g/mol. The Bertz CT molecular complexity index is 744. The molecule has 0 amide bonds. The van der Waals surface area contributed by atoms with Crippen molar-refractivity contribution in [2.24, 2.45) is 4.99 Å². The second-order valence-corrected chi connectivity index (χ2v) is 9.32. The fourth-order valence-corrected chi connectivity index (χ4v) is 4.22. The van der Waals surface area contributed by atoms with E-state index in [0.29, 0.717) is 25.6 Å². The van der Waals surface area contributed by atoms with E-state index >= 15 is 0 Å². The van der Waals surface area contributed by atoms with E-state index in [-0.39, 0.29) is 5.75 Å². The molecule has 7 nitrogen and oxygen atoms in total. The highest BCUT2D eigenvalue weighted by Crippen LogP contribution is 2.25. The molecule has 1 saturated heterocycles. The summed E-state index contributed by atoms with van der Waals surface area (Å²) in [5.41, 5.74) is 0.937. The Kier molecular flexibility index (Phi) is 5.82. The molecular weight excluding hydrogens is 342 g/mol. The molecule has 0 spiro atoms. The first-order valence-corrected chi connectivity index (χ1v) is 9.78. The minimum absolute atomic E-state index is 0.128. The number of sulfone groups is 1. The summed E-state index contributed by atoms with van der Waals surface area (Å²) in [7, 11) is 1.85. The molecule has 0 unspecified atom stereocenters. The molecular formula is C17H27N3O4S. The van der Waals surface area contributed by atoms with Crippen molar-refractivity contribution in [3.8, 4) is 11.5 Å². The predicted molar refractivity (Wildman–Crippen MR) is 99.2 cm³/mol. The Labute approximate surface area is 149 Å². The molecule has 0 bridgehead atoms. The van der Waals surface area contributed by atoms with E-state index in [1.165, 1.54) is 0 Å². The average Bonchev–Trinajstić information content (AvgIpc) is 2.58. The van der Waals surface area contributed by atoms with Crippen molar-refractivity contribution in [2.75, 3.05) is 40.1 Å². The third-order valence-corrected chi connectivity index (χ3v) is 7.01. The first kappa shape index (κ1) is 19.4. The normalized spacial score (nSPS) is 19.4. The summed E-state index contributed by atoms with van der Waals surface area (Å²) in [5.74, 6) is 2.30. The lowest BCUT2D eigenvalue weighted by Gasteiger charge is -2.39.